The van der Waals surface area contributed by atoms with Gasteiger partial charge in [-0.25, -0.2) is 4.79 Å². The molecule has 1 aliphatic carbocycles. The molecule has 1 heterocycles. The number of carbonyl (C=O) groups excluding carboxylic acids is 1. The molecule has 136 valence electrons. The van der Waals surface area contributed by atoms with Crippen molar-refractivity contribution >= 4 is 16.9 Å². The van der Waals surface area contributed by atoms with Crippen molar-refractivity contribution in [2.24, 2.45) is 18.7 Å². The zero-order valence-electron chi connectivity index (χ0n) is 14.9. The van der Waals surface area contributed by atoms with Gasteiger partial charge >= 0.3 is 5.69 Å². The van der Waals surface area contributed by atoms with Gasteiger partial charge in [-0.15, -0.1) is 0 Å². The molecule has 1 amide bonds. The lowest BCUT2D eigenvalue weighted by atomic mass is 9.84. The summed E-state index contributed by atoms with van der Waals surface area (Å²) in [6.07, 6.45) is 6.31. The number of nitrogens with two attached hydrogens (primary N) is 1. The Kier molecular flexibility index (Phi) is 5.58. The van der Waals surface area contributed by atoms with Crippen molar-refractivity contribution < 1.29 is 4.79 Å². The maximum Gasteiger partial charge on any atom is 0.328 e. The number of imidazole rings is 1. The molecule has 2 aromatic rings. The summed E-state index contributed by atoms with van der Waals surface area (Å²) in [5, 5.41) is 3.09. The summed E-state index contributed by atoms with van der Waals surface area (Å²) < 4.78 is 3.30. The van der Waals surface area contributed by atoms with E-state index in [1.807, 2.05) is 24.3 Å². The molecule has 25 heavy (non-hydrogen) atoms. The standard InChI is InChI=1S/C19H28N4O2/c1-22-16-9-5-6-10-17(16)23(19(22)25)12-11-18(24)21-15(13-20)14-7-3-2-4-8-14/h5-6,9-10,14-15H,2-4,7-8,11-13,20H2,1H3,(H,21,24). The summed E-state index contributed by atoms with van der Waals surface area (Å²) in [6.45, 7) is 0.860. The van der Waals surface area contributed by atoms with Crippen LogP contribution in [0, 0.1) is 5.92 Å². The van der Waals surface area contributed by atoms with Crippen LogP contribution in [0.3, 0.4) is 0 Å². The van der Waals surface area contributed by atoms with E-state index in [9.17, 15) is 9.59 Å². The smallest absolute Gasteiger partial charge is 0.328 e. The average Bonchev–Trinajstić information content (AvgIpc) is 2.89. The van der Waals surface area contributed by atoms with E-state index < -0.39 is 0 Å². The van der Waals surface area contributed by atoms with E-state index in [2.05, 4.69) is 5.32 Å². The molecule has 0 spiro atoms. The molecule has 1 aromatic heterocycles. The molecule has 6 nitrogen and oxygen atoms in total. The Hall–Kier alpha value is -2.08. The average molecular weight is 344 g/mol. The summed E-state index contributed by atoms with van der Waals surface area (Å²) in [7, 11) is 1.76. The Morgan fingerprint density at radius 1 is 1.24 bits per heavy atom. The van der Waals surface area contributed by atoms with E-state index in [1.54, 1.807) is 16.2 Å². The summed E-state index contributed by atoms with van der Waals surface area (Å²) >= 11 is 0. The number of aryl methyl sites for hydroxylation is 2. The van der Waals surface area contributed by atoms with Crippen LogP contribution in [0.15, 0.2) is 29.1 Å². The maximum absolute atomic E-state index is 12.4. The molecule has 1 fully saturated rings. The van der Waals surface area contributed by atoms with Crippen molar-refractivity contribution in [3.63, 3.8) is 0 Å². The molecule has 0 aliphatic heterocycles. The number of hydrogen-bond donors (Lipinski definition) is 2. The van der Waals surface area contributed by atoms with Gasteiger partial charge in [0.2, 0.25) is 5.91 Å². The topological polar surface area (TPSA) is 82.0 Å². The van der Waals surface area contributed by atoms with Crippen molar-refractivity contribution in [1.82, 2.24) is 14.5 Å². The Balaban J connectivity index is 1.64. The summed E-state index contributed by atoms with van der Waals surface area (Å²) in [4.78, 5) is 24.8. The molecule has 1 atom stereocenters. The number of rotatable bonds is 6. The molecule has 0 radical (unpaired) electrons. The highest BCUT2D eigenvalue weighted by Gasteiger charge is 2.24. The molecule has 0 bridgehead atoms. The Morgan fingerprint density at radius 2 is 1.92 bits per heavy atom. The van der Waals surface area contributed by atoms with Gasteiger partial charge in [-0.05, 0) is 30.9 Å². The minimum absolute atomic E-state index is 0.0270. The van der Waals surface area contributed by atoms with E-state index >= 15 is 0 Å². The van der Waals surface area contributed by atoms with E-state index in [0.717, 1.165) is 23.9 Å². The van der Waals surface area contributed by atoms with Crippen molar-refractivity contribution in [1.29, 1.82) is 0 Å². The number of para-hydroxylation sites is 2. The van der Waals surface area contributed by atoms with Gasteiger partial charge < -0.3 is 11.1 Å². The minimum Gasteiger partial charge on any atom is -0.352 e. The van der Waals surface area contributed by atoms with Crippen molar-refractivity contribution in [2.75, 3.05) is 6.54 Å². The van der Waals surface area contributed by atoms with Crippen LogP contribution < -0.4 is 16.7 Å². The van der Waals surface area contributed by atoms with Crippen LogP contribution in [0.2, 0.25) is 0 Å². The normalized spacial score (nSPS) is 16.9. The predicted octanol–water partition coefficient (Wildman–Crippen LogP) is 1.75. The third-order valence-corrected chi connectivity index (χ3v) is 5.43. The van der Waals surface area contributed by atoms with Gasteiger partial charge in [-0.2, -0.15) is 0 Å². The largest absolute Gasteiger partial charge is 0.352 e. The fourth-order valence-electron chi connectivity index (χ4n) is 3.98. The SMILES string of the molecule is Cn1c(=O)n(CCC(=O)NC(CN)C2CCCCC2)c2ccccc21. The molecule has 1 saturated carbocycles. The minimum atomic E-state index is -0.0864. The molecule has 0 saturated heterocycles. The van der Waals surface area contributed by atoms with Gasteiger partial charge in [0.05, 0.1) is 11.0 Å². The number of carbonyl (C=O) groups is 1. The predicted molar refractivity (Wildman–Crippen MR) is 99.4 cm³/mol. The molecule has 6 heteroatoms. The van der Waals surface area contributed by atoms with E-state index in [4.69, 9.17) is 5.73 Å². The third kappa shape index (κ3) is 3.79. The summed E-state index contributed by atoms with van der Waals surface area (Å²) in [6, 6.07) is 7.71. The Labute approximate surface area is 148 Å². The lowest BCUT2D eigenvalue weighted by Crippen LogP contribution is -2.46. The second-order valence-electron chi connectivity index (χ2n) is 7.04. The summed E-state index contributed by atoms with van der Waals surface area (Å²) in [5.74, 6) is 0.462. The molecule has 1 unspecified atom stereocenters. The zero-order valence-corrected chi connectivity index (χ0v) is 14.9. The second kappa shape index (κ2) is 7.87. The highest BCUT2D eigenvalue weighted by atomic mass is 16.2. The first-order valence-electron chi connectivity index (χ1n) is 9.25. The van der Waals surface area contributed by atoms with Crippen molar-refractivity contribution in [2.45, 2.75) is 51.1 Å². The number of hydrogen-bond acceptors (Lipinski definition) is 3. The molecule has 1 aromatic carbocycles. The number of nitrogens with one attached hydrogen (secondary N) is 1. The van der Waals surface area contributed by atoms with Gasteiger partial charge in [0.15, 0.2) is 0 Å². The number of fused-ring (bicyclic) bond motifs is 1. The van der Waals surface area contributed by atoms with Crippen LogP contribution in [0.25, 0.3) is 11.0 Å². The first-order chi connectivity index (χ1) is 12.1. The van der Waals surface area contributed by atoms with Crippen LogP contribution in [-0.2, 0) is 18.4 Å². The van der Waals surface area contributed by atoms with Crippen molar-refractivity contribution in [3.8, 4) is 0 Å². The van der Waals surface area contributed by atoms with Gasteiger partial charge in [0, 0.05) is 32.6 Å². The van der Waals surface area contributed by atoms with Crippen LogP contribution in [-0.4, -0.2) is 27.6 Å². The number of nitrogens with zero attached hydrogens (tertiary/aromatic N) is 2. The molecular weight excluding hydrogens is 316 g/mol. The second-order valence-corrected chi connectivity index (χ2v) is 7.04. The van der Waals surface area contributed by atoms with Gasteiger partial charge in [0.25, 0.3) is 0 Å². The van der Waals surface area contributed by atoms with E-state index in [1.165, 1.54) is 19.3 Å². The molecule has 3 N–H and O–H groups in total. The van der Waals surface area contributed by atoms with Gasteiger partial charge in [-0.1, -0.05) is 31.4 Å². The summed E-state index contributed by atoms with van der Waals surface area (Å²) in [5.41, 5.74) is 7.55. The first kappa shape index (κ1) is 17.7. The first-order valence-corrected chi connectivity index (χ1v) is 9.25. The number of amides is 1. The molecular formula is C19H28N4O2. The van der Waals surface area contributed by atoms with Gasteiger partial charge in [-0.3, -0.25) is 13.9 Å². The van der Waals surface area contributed by atoms with Crippen LogP contribution >= 0.6 is 0 Å². The lowest BCUT2D eigenvalue weighted by molar-refractivity contribution is -0.122. The number of benzene rings is 1. The molecule has 3 rings (SSSR count). The fraction of sp³-hybridized carbons (Fsp3) is 0.579. The number of aromatic nitrogens is 2. The highest BCUT2D eigenvalue weighted by molar-refractivity contribution is 5.78. The van der Waals surface area contributed by atoms with Gasteiger partial charge in [0.1, 0.15) is 0 Å². The lowest BCUT2D eigenvalue weighted by Gasteiger charge is -2.30. The van der Waals surface area contributed by atoms with Crippen LogP contribution in [0.4, 0.5) is 0 Å². The Bertz CT molecular complexity index is 786. The monoisotopic (exact) mass is 344 g/mol. The molecule has 1 aliphatic rings. The van der Waals surface area contributed by atoms with Crippen molar-refractivity contribution in [3.05, 3.63) is 34.7 Å². The Morgan fingerprint density at radius 3 is 2.60 bits per heavy atom. The maximum atomic E-state index is 12.4. The van der Waals surface area contributed by atoms with E-state index in [0.29, 0.717) is 19.0 Å². The fourth-order valence-corrected chi connectivity index (χ4v) is 3.98. The van der Waals surface area contributed by atoms with E-state index in [-0.39, 0.29) is 24.1 Å². The zero-order chi connectivity index (χ0) is 17.8. The highest BCUT2D eigenvalue weighted by Crippen LogP contribution is 2.26. The van der Waals surface area contributed by atoms with Crippen LogP contribution in [0.1, 0.15) is 38.5 Å². The van der Waals surface area contributed by atoms with Crippen LogP contribution in [0.5, 0.6) is 0 Å². The third-order valence-electron chi connectivity index (χ3n) is 5.43. The quantitative estimate of drug-likeness (QED) is 0.838.